The summed E-state index contributed by atoms with van der Waals surface area (Å²) in [7, 11) is 3.43. The third-order valence-corrected chi connectivity index (χ3v) is 6.06. The molecule has 4 aromatic rings. The van der Waals surface area contributed by atoms with E-state index >= 15 is 0 Å². The van der Waals surface area contributed by atoms with E-state index in [4.69, 9.17) is 5.26 Å². The van der Waals surface area contributed by atoms with E-state index in [1.807, 2.05) is 30.3 Å². The Hall–Kier alpha value is -4.33. The third-order valence-electron chi connectivity index (χ3n) is 6.06. The van der Waals surface area contributed by atoms with Crippen molar-refractivity contribution >= 4 is 17.1 Å². The first-order valence-corrected chi connectivity index (χ1v) is 10.5. The summed E-state index contributed by atoms with van der Waals surface area (Å²) < 4.78 is 4.60. The summed E-state index contributed by atoms with van der Waals surface area (Å²) in [6.45, 7) is 1.24. The summed E-state index contributed by atoms with van der Waals surface area (Å²) in [5, 5.41) is 13.1. The molecule has 0 bridgehead atoms. The molecule has 1 aliphatic rings. The largest absolute Gasteiger partial charge is 0.341 e. The lowest BCUT2D eigenvalue weighted by molar-refractivity contribution is 0.389. The van der Waals surface area contributed by atoms with E-state index in [0.717, 1.165) is 11.1 Å². The molecule has 0 atom stereocenters. The van der Waals surface area contributed by atoms with E-state index in [1.165, 1.54) is 17.0 Å². The molecule has 0 saturated carbocycles. The van der Waals surface area contributed by atoms with Crippen molar-refractivity contribution in [2.45, 2.75) is 18.9 Å². The summed E-state index contributed by atoms with van der Waals surface area (Å²) in [6, 6.07) is 3.71. The highest BCUT2D eigenvalue weighted by Gasteiger charge is 2.26. The molecule has 0 spiro atoms. The molecule has 0 aromatic carbocycles. The molecule has 1 saturated heterocycles. The zero-order valence-electron chi connectivity index (χ0n) is 18.2. The maximum absolute atomic E-state index is 13.0. The number of nitrogens with zero attached hydrogens (tertiary/aromatic N) is 9. The van der Waals surface area contributed by atoms with Crippen LogP contribution in [0, 0.1) is 11.3 Å². The van der Waals surface area contributed by atoms with Crippen molar-refractivity contribution in [2.75, 3.05) is 18.0 Å². The van der Waals surface area contributed by atoms with Crippen molar-refractivity contribution in [3.63, 3.8) is 0 Å². The first-order chi connectivity index (χ1) is 16.0. The highest BCUT2D eigenvalue weighted by Crippen LogP contribution is 2.27. The Bertz CT molecular complexity index is 1500. The van der Waals surface area contributed by atoms with Crippen LogP contribution in [-0.4, -0.2) is 47.0 Å². The number of aryl methyl sites for hydroxylation is 2. The molecule has 5 heterocycles. The lowest BCUT2D eigenvalue weighted by Gasteiger charge is -2.33. The lowest BCUT2D eigenvalue weighted by atomic mass is 10.0. The number of hydrogen-bond acceptors (Lipinski definition) is 8. The van der Waals surface area contributed by atoms with Gasteiger partial charge in [0.25, 0.3) is 0 Å². The Balaban J connectivity index is 1.49. The number of rotatable bonds is 3. The minimum Gasteiger partial charge on any atom is -0.341 e. The fourth-order valence-corrected chi connectivity index (χ4v) is 4.26. The first-order valence-electron chi connectivity index (χ1n) is 10.5. The van der Waals surface area contributed by atoms with Crippen LogP contribution in [-0.2, 0) is 14.1 Å². The van der Waals surface area contributed by atoms with Crippen LogP contribution >= 0.6 is 0 Å². The van der Waals surface area contributed by atoms with Gasteiger partial charge in [0.2, 0.25) is 5.95 Å². The van der Waals surface area contributed by atoms with Crippen LogP contribution < -0.4 is 16.0 Å². The molecular formula is C22H21N9O2. The van der Waals surface area contributed by atoms with Crippen LogP contribution in [0.1, 0.15) is 24.4 Å². The standard InChI is InChI=1S/C22H21N9O2/c1-28-13-16(12-27-28)15-7-18-19(24-11-15)31(21(33)20(32)29(18)2)17-3-5-30(6-4-17)22-25-9-14(8-23)10-26-22/h7,9-13,17H,3-6H2,1-2H3. The van der Waals surface area contributed by atoms with Gasteiger partial charge in [0, 0.05) is 56.7 Å². The van der Waals surface area contributed by atoms with E-state index in [-0.39, 0.29) is 6.04 Å². The second kappa shape index (κ2) is 7.98. The number of hydrogen-bond donors (Lipinski definition) is 0. The van der Waals surface area contributed by atoms with E-state index < -0.39 is 11.1 Å². The molecular weight excluding hydrogens is 422 g/mol. The number of nitriles is 1. The maximum Gasteiger partial charge on any atom is 0.318 e. The lowest BCUT2D eigenvalue weighted by Crippen LogP contribution is -2.45. The monoisotopic (exact) mass is 443 g/mol. The smallest absolute Gasteiger partial charge is 0.318 e. The van der Waals surface area contributed by atoms with Gasteiger partial charge < -0.3 is 9.47 Å². The molecule has 0 unspecified atom stereocenters. The average molecular weight is 443 g/mol. The summed E-state index contributed by atoms with van der Waals surface area (Å²) in [5.74, 6) is 0.549. The van der Waals surface area contributed by atoms with Crippen molar-refractivity contribution in [2.24, 2.45) is 14.1 Å². The zero-order chi connectivity index (χ0) is 23.1. The number of anilines is 1. The van der Waals surface area contributed by atoms with Crippen LogP contribution in [0.25, 0.3) is 22.3 Å². The van der Waals surface area contributed by atoms with Crippen LogP contribution in [0.3, 0.4) is 0 Å². The van der Waals surface area contributed by atoms with E-state index in [2.05, 4.69) is 20.1 Å². The molecule has 0 N–H and O–H groups in total. The van der Waals surface area contributed by atoms with Crippen LogP contribution in [0.15, 0.2) is 46.6 Å². The molecule has 1 aliphatic heterocycles. The molecule has 1 fully saturated rings. The van der Waals surface area contributed by atoms with Gasteiger partial charge in [-0.15, -0.1) is 0 Å². The summed E-state index contributed by atoms with van der Waals surface area (Å²) in [5.41, 5.74) is 2.05. The Morgan fingerprint density at radius 3 is 2.33 bits per heavy atom. The van der Waals surface area contributed by atoms with E-state index in [1.54, 1.807) is 28.7 Å². The Labute approximate surface area is 188 Å². The molecule has 11 nitrogen and oxygen atoms in total. The predicted octanol–water partition coefficient (Wildman–Crippen LogP) is 0.999. The number of aromatic nitrogens is 7. The highest BCUT2D eigenvalue weighted by molar-refractivity contribution is 5.78. The minimum absolute atomic E-state index is 0.166. The summed E-state index contributed by atoms with van der Waals surface area (Å²) in [4.78, 5) is 40.9. The van der Waals surface area contributed by atoms with Crippen molar-refractivity contribution in [3.8, 4) is 17.2 Å². The van der Waals surface area contributed by atoms with Gasteiger partial charge in [-0.1, -0.05) is 0 Å². The molecule has 5 rings (SSSR count). The topological polar surface area (TPSA) is 128 Å². The van der Waals surface area contributed by atoms with Gasteiger partial charge in [0.1, 0.15) is 6.07 Å². The average Bonchev–Trinajstić information content (AvgIpc) is 3.29. The molecule has 0 amide bonds. The van der Waals surface area contributed by atoms with Gasteiger partial charge in [-0.2, -0.15) is 10.4 Å². The SMILES string of the molecule is Cn1cc(-c2cnc3c(c2)n(C)c(=O)c(=O)n3C2CCN(c3ncc(C#N)cn3)CC2)cn1. The molecule has 0 radical (unpaired) electrons. The van der Waals surface area contributed by atoms with Crippen molar-refractivity contribution in [3.05, 3.63) is 63.3 Å². The van der Waals surface area contributed by atoms with Gasteiger partial charge in [-0.05, 0) is 18.9 Å². The maximum atomic E-state index is 13.0. The minimum atomic E-state index is -0.578. The quantitative estimate of drug-likeness (QED) is 0.429. The Morgan fingerprint density at radius 1 is 0.970 bits per heavy atom. The molecule has 166 valence electrons. The Morgan fingerprint density at radius 2 is 1.70 bits per heavy atom. The molecule has 0 aliphatic carbocycles. The van der Waals surface area contributed by atoms with Gasteiger partial charge in [-0.3, -0.25) is 18.8 Å². The normalized spacial score (nSPS) is 14.5. The first kappa shape index (κ1) is 20.6. The van der Waals surface area contributed by atoms with Gasteiger partial charge >= 0.3 is 11.1 Å². The zero-order valence-corrected chi connectivity index (χ0v) is 18.2. The number of piperidine rings is 1. The number of fused-ring (bicyclic) bond motifs is 1. The third kappa shape index (κ3) is 3.55. The molecule has 11 heteroatoms. The van der Waals surface area contributed by atoms with Gasteiger partial charge in [0.15, 0.2) is 5.65 Å². The van der Waals surface area contributed by atoms with E-state index in [9.17, 15) is 9.59 Å². The molecule has 33 heavy (non-hydrogen) atoms. The fraction of sp³-hybridized carbons (Fsp3) is 0.318. The predicted molar refractivity (Wildman–Crippen MR) is 121 cm³/mol. The van der Waals surface area contributed by atoms with Crippen LogP contribution in [0.5, 0.6) is 0 Å². The number of pyridine rings is 1. The Kier molecular flexibility index (Phi) is 4.97. The highest BCUT2D eigenvalue weighted by atomic mass is 16.2. The second-order valence-electron chi connectivity index (χ2n) is 8.11. The summed E-state index contributed by atoms with van der Waals surface area (Å²) >= 11 is 0. The van der Waals surface area contributed by atoms with Gasteiger partial charge in [0.05, 0.1) is 29.7 Å². The van der Waals surface area contributed by atoms with Crippen molar-refractivity contribution in [1.82, 2.24) is 33.9 Å². The summed E-state index contributed by atoms with van der Waals surface area (Å²) in [6.07, 6.45) is 9.58. The second-order valence-corrected chi connectivity index (χ2v) is 8.11. The van der Waals surface area contributed by atoms with Crippen LogP contribution in [0.4, 0.5) is 5.95 Å². The van der Waals surface area contributed by atoms with Crippen molar-refractivity contribution in [1.29, 1.82) is 5.26 Å². The van der Waals surface area contributed by atoms with Crippen molar-refractivity contribution < 1.29 is 0 Å². The molecule has 4 aromatic heterocycles. The van der Waals surface area contributed by atoms with E-state index in [0.29, 0.717) is 48.6 Å². The van der Waals surface area contributed by atoms with Crippen LogP contribution in [0.2, 0.25) is 0 Å². The fourth-order valence-electron chi connectivity index (χ4n) is 4.26. The van der Waals surface area contributed by atoms with Gasteiger partial charge in [-0.25, -0.2) is 15.0 Å².